The molecule has 0 aliphatic carbocycles. The van der Waals surface area contributed by atoms with Gasteiger partial charge in [0.15, 0.2) is 0 Å². The number of carboxylic acid groups (broad SMARTS) is 1. The van der Waals surface area contributed by atoms with Crippen LogP contribution in [0.3, 0.4) is 0 Å². The third kappa shape index (κ3) is 4.47. The molecule has 2 aromatic carbocycles. The number of fused-ring (bicyclic) bond motifs is 1. The van der Waals surface area contributed by atoms with Crippen molar-refractivity contribution in [2.24, 2.45) is 0 Å². The Kier molecular flexibility index (Phi) is 5.63. The summed E-state index contributed by atoms with van der Waals surface area (Å²) in [5.74, 6) is -0.898. The Morgan fingerprint density at radius 2 is 1.77 bits per heavy atom. The van der Waals surface area contributed by atoms with Crippen molar-refractivity contribution < 1.29 is 14.7 Å². The van der Waals surface area contributed by atoms with Crippen molar-refractivity contribution >= 4 is 22.8 Å². The number of rotatable bonds is 8. The number of carboxylic acids is 1. The predicted octanol–water partition coefficient (Wildman–Crippen LogP) is 3.00. The summed E-state index contributed by atoms with van der Waals surface area (Å²) in [4.78, 5) is 25.4. The van der Waals surface area contributed by atoms with Crippen LogP contribution in [0.25, 0.3) is 10.9 Å². The summed E-state index contributed by atoms with van der Waals surface area (Å²) < 4.78 is 0. The van der Waals surface area contributed by atoms with Crippen molar-refractivity contribution in [1.82, 2.24) is 15.1 Å². The quantitative estimate of drug-likeness (QED) is 0.653. The zero-order valence-electron chi connectivity index (χ0n) is 14.4. The molecule has 134 valence electrons. The maximum absolute atomic E-state index is 12.9. The number of hydrogen-bond acceptors (Lipinski definition) is 3. The van der Waals surface area contributed by atoms with Crippen LogP contribution in [0.4, 0.5) is 0 Å². The minimum Gasteiger partial charge on any atom is -0.481 e. The summed E-state index contributed by atoms with van der Waals surface area (Å²) in [6.45, 7) is 0.872. The van der Waals surface area contributed by atoms with Gasteiger partial charge in [-0.2, -0.15) is 5.10 Å². The van der Waals surface area contributed by atoms with Crippen LogP contribution in [-0.2, 0) is 22.6 Å². The number of hydrogen-bond donors (Lipinski definition) is 2. The fourth-order valence-electron chi connectivity index (χ4n) is 2.93. The van der Waals surface area contributed by atoms with Gasteiger partial charge < -0.3 is 10.0 Å². The first-order valence-electron chi connectivity index (χ1n) is 8.59. The van der Waals surface area contributed by atoms with Gasteiger partial charge >= 0.3 is 5.97 Å². The number of para-hydroxylation sites is 1. The lowest BCUT2D eigenvalue weighted by atomic mass is 10.1. The molecule has 1 amide bonds. The minimum absolute atomic E-state index is 0.0472. The molecule has 0 aliphatic rings. The number of carbonyl (C=O) groups excluding carboxylic acids is 1. The smallest absolute Gasteiger partial charge is 0.303 e. The van der Waals surface area contributed by atoms with Gasteiger partial charge in [-0.05, 0) is 18.1 Å². The summed E-state index contributed by atoms with van der Waals surface area (Å²) in [7, 11) is 0. The SMILES string of the molecule is O=C(O)CCCN(Cc1ccccc1)C(=O)Cc1[nH]nc2ccccc12. The highest BCUT2D eigenvalue weighted by Crippen LogP contribution is 2.17. The molecular weight excluding hydrogens is 330 g/mol. The van der Waals surface area contributed by atoms with E-state index in [-0.39, 0.29) is 18.7 Å². The fourth-order valence-corrected chi connectivity index (χ4v) is 2.93. The molecule has 3 rings (SSSR count). The second-order valence-electron chi connectivity index (χ2n) is 6.19. The highest BCUT2D eigenvalue weighted by Gasteiger charge is 2.17. The van der Waals surface area contributed by atoms with E-state index in [0.717, 1.165) is 22.2 Å². The molecule has 0 saturated heterocycles. The topological polar surface area (TPSA) is 86.3 Å². The van der Waals surface area contributed by atoms with Crippen molar-refractivity contribution in [3.63, 3.8) is 0 Å². The van der Waals surface area contributed by atoms with Gasteiger partial charge in [0, 0.05) is 24.9 Å². The molecule has 0 spiro atoms. The van der Waals surface area contributed by atoms with E-state index in [1.54, 1.807) is 4.90 Å². The summed E-state index contributed by atoms with van der Waals surface area (Å²) in [6, 6.07) is 17.4. The molecule has 0 radical (unpaired) electrons. The van der Waals surface area contributed by atoms with Gasteiger partial charge in [0.2, 0.25) is 5.91 Å². The Labute approximate surface area is 151 Å². The van der Waals surface area contributed by atoms with Gasteiger partial charge in [-0.25, -0.2) is 0 Å². The third-order valence-corrected chi connectivity index (χ3v) is 4.26. The van der Waals surface area contributed by atoms with Crippen LogP contribution in [0.2, 0.25) is 0 Å². The van der Waals surface area contributed by atoms with E-state index < -0.39 is 5.97 Å². The third-order valence-electron chi connectivity index (χ3n) is 4.26. The van der Waals surface area contributed by atoms with E-state index in [4.69, 9.17) is 5.11 Å². The summed E-state index contributed by atoms with van der Waals surface area (Å²) in [5.41, 5.74) is 2.63. The van der Waals surface area contributed by atoms with Crippen molar-refractivity contribution in [2.75, 3.05) is 6.54 Å². The molecule has 0 bridgehead atoms. The van der Waals surface area contributed by atoms with Gasteiger partial charge in [-0.1, -0.05) is 48.5 Å². The van der Waals surface area contributed by atoms with Gasteiger partial charge in [-0.3, -0.25) is 14.7 Å². The summed E-state index contributed by atoms with van der Waals surface area (Å²) >= 11 is 0. The molecule has 0 saturated carbocycles. The number of aromatic nitrogens is 2. The molecule has 6 nitrogen and oxygen atoms in total. The first-order valence-corrected chi connectivity index (χ1v) is 8.59. The van der Waals surface area contributed by atoms with Gasteiger partial charge in [0.1, 0.15) is 0 Å². The van der Waals surface area contributed by atoms with Crippen LogP contribution in [0.1, 0.15) is 24.1 Å². The van der Waals surface area contributed by atoms with Crippen LogP contribution in [0, 0.1) is 0 Å². The molecule has 3 aromatic rings. The first-order chi connectivity index (χ1) is 12.6. The molecule has 26 heavy (non-hydrogen) atoms. The van der Waals surface area contributed by atoms with Gasteiger partial charge in [0.05, 0.1) is 17.6 Å². The summed E-state index contributed by atoms with van der Waals surface area (Å²) in [6.07, 6.45) is 0.684. The average molecular weight is 351 g/mol. The molecule has 0 atom stereocenters. The Hall–Kier alpha value is -3.15. The lowest BCUT2D eigenvalue weighted by Gasteiger charge is -2.22. The number of amides is 1. The van der Waals surface area contributed by atoms with Crippen LogP contribution in [0.15, 0.2) is 54.6 Å². The Balaban J connectivity index is 1.73. The molecule has 2 N–H and O–H groups in total. The Morgan fingerprint density at radius 3 is 2.54 bits per heavy atom. The van der Waals surface area contributed by atoms with Crippen LogP contribution in [-0.4, -0.2) is 38.6 Å². The molecule has 0 unspecified atom stereocenters. The van der Waals surface area contributed by atoms with Crippen LogP contribution >= 0.6 is 0 Å². The number of benzene rings is 2. The van der Waals surface area contributed by atoms with E-state index in [0.29, 0.717) is 19.5 Å². The molecule has 1 heterocycles. The second kappa shape index (κ2) is 8.29. The lowest BCUT2D eigenvalue weighted by molar-refractivity contribution is -0.138. The van der Waals surface area contributed by atoms with E-state index in [1.165, 1.54) is 0 Å². The number of H-pyrrole nitrogens is 1. The standard InChI is InChI=1S/C20H21N3O3/c24-19(13-18-16-9-4-5-10-17(16)21-22-18)23(12-6-11-20(25)26)14-15-7-2-1-3-8-15/h1-5,7-10H,6,11-14H2,(H,21,22)(H,25,26). The largest absolute Gasteiger partial charge is 0.481 e. The van der Waals surface area contributed by atoms with Crippen molar-refractivity contribution in [3.8, 4) is 0 Å². The molecule has 0 fully saturated rings. The van der Waals surface area contributed by atoms with Crippen molar-refractivity contribution in [3.05, 3.63) is 65.9 Å². The molecule has 0 aliphatic heterocycles. The molecule has 1 aromatic heterocycles. The fraction of sp³-hybridized carbons (Fsp3) is 0.250. The predicted molar refractivity (Wildman–Crippen MR) is 98.5 cm³/mol. The van der Waals surface area contributed by atoms with E-state index in [2.05, 4.69) is 10.2 Å². The highest BCUT2D eigenvalue weighted by atomic mass is 16.4. The van der Waals surface area contributed by atoms with E-state index in [9.17, 15) is 9.59 Å². The average Bonchev–Trinajstić information content (AvgIpc) is 3.04. The van der Waals surface area contributed by atoms with Crippen molar-refractivity contribution in [1.29, 1.82) is 0 Å². The van der Waals surface area contributed by atoms with Gasteiger partial charge in [0.25, 0.3) is 0 Å². The van der Waals surface area contributed by atoms with Crippen LogP contribution in [0.5, 0.6) is 0 Å². The molecule has 6 heteroatoms. The maximum atomic E-state index is 12.9. The monoisotopic (exact) mass is 351 g/mol. The van der Waals surface area contributed by atoms with Crippen LogP contribution < -0.4 is 0 Å². The van der Waals surface area contributed by atoms with E-state index in [1.807, 2.05) is 54.6 Å². The maximum Gasteiger partial charge on any atom is 0.303 e. The minimum atomic E-state index is -0.850. The Morgan fingerprint density at radius 1 is 1.04 bits per heavy atom. The highest BCUT2D eigenvalue weighted by molar-refractivity contribution is 5.87. The second-order valence-corrected chi connectivity index (χ2v) is 6.19. The molecular formula is C20H21N3O3. The zero-order chi connectivity index (χ0) is 18.4. The number of nitrogens with zero attached hydrogens (tertiary/aromatic N) is 2. The first kappa shape index (κ1) is 17.7. The number of carbonyl (C=O) groups is 2. The van der Waals surface area contributed by atoms with Crippen molar-refractivity contribution in [2.45, 2.75) is 25.8 Å². The number of aliphatic carboxylic acids is 1. The summed E-state index contributed by atoms with van der Waals surface area (Å²) in [5, 5.41) is 17.0. The Bertz CT molecular complexity index is 889. The van der Waals surface area contributed by atoms with E-state index >= 15 is 0 Å². The normalized spacial score (nSPS) is 10.8. The lowest BCUT2D eigenvalue weighted by Crippen LogP contribution is -2.33. The zero-order valence-corrected chi connectivity index (χ0v) is 14.4. The number of aromatic amines is 1. The number of nitrogens with one attached hydrogen (secondary N) is 1. The van der Waals surface area contributed by atoms with Gasteiger partial charge in [-0.15, -0.1) is 0 Å².